The van der Waals surface area contributed by atoms with Crippen LogP contribution in [0.25, 0.3) is 0 Å². The maximum atomic E-state index is 3.91. The molecule has 1 saturated carbocycles. The van der Waals surface area contributed by atoms with Crippen molar-refractivity contribution in [2.75, 3.05) is 0 Å². The first-order chi connectivity index (χ1) is 6.76. The third-order valence-corrected chi connectivity index (χ3v) is 3.44. The maximum absolute atomic E-state index is 3.91. The smallest absolute Gasteiger partial charge is 0.0738 e. The highest BCUT2D eigenvalue weighted by atomic mass is 15.4. The van der Waals surface area contributed by atoms with E-state index in [0.717, 1.165) is 12.2 Å². The van der Waals surface area contributed by atoms with Crippen molar-refractivity contribution in [1.29, 1.82) is 0 Å². The first-order valence-corrected chi connectivity index (χ1v) is 5.34. The van der Waals surface area contributed by atoms with Crippen LogP contribution in [0.5, 0.6) is 0 Å². The first-order valence-electron chi connectivity index (χ1n) is 5.34. The van der Waals surface area contributed by atoms with E-state index in [2.05, 4.69) is 22.6 Å². The van der Waals surface area contributed by atoms with Crippen molar-refractivity contribution in [3.8, 4) is 0 Å². The summed E-state index contributed by atoms with van der Waals surface area (Å²) in [4.78, 5) is 0. The van der Waals surface area contributed by atoms with Crippen LogP contribution in [0.2, 0.25) is 0 Å². The van der Waals surface area contributed by atoms with E-state index in [1.807, 2.05) is 17.9 Å². The van der Waals surface area contributed by atoms with E-state index < -0.39 is 0 Å². The van der Waals surface area contributed by atoms with Crippen LogP contribution in [-0.4, -0.2) is 20.5 Å². The average molecular weight is 194 g/mol. The van der Waals surface area contributed by atoms with Crippen molar-refractivity contribution in [3.63, 3.8) is 0 Å². The van der Waals surface area contributed by atoms with Gasteiger partial charge in [0.15, 0.2) is 0 Å². The van der Waals surface area contributed by atoms with Crippen molar-refractivity contribution >= 4 is 0 Å². The Labute approximate surface area is 84.7 Å². The number of rotatable bonds is 4. The zero-order chi connectivity index (χ0) is 10.0. The van der Waals surface area contributed by atoms with Gasteiger partial charge in [0.2, 0.25) is 0 Å². The Balaban J connectivity index is 1.90. The summed E-state index contributed by atoms with van der Waals surface area (Å²) in [6.07, 6.45) is 7.04. The monoisotopic (exact) mass is 194 g/mol. The van der Waals surface area contributed by atoms with Crippen LogP contribution in [-0.2, 0) is 13.6 Å². The number of nitrogens with one attached hydrogen (secondary N) is 1. The molecule has 78 valence electrons. The van der Waals surface area contributed by atoms with Crippen molar-refractivity contribution in [2.24, 2.45) is 7.05 Å². The van der Waals surface area contributed by atoms with Gasteiger partial charge in [-0.2, -0.15) is 0 Å². The van der Waals surface area contributed by atoms with Gasteiger partial charge in [0.1, 0.15) is 0 Å². The van der Waals surface area contributed by atoms with E-state index >= 15 is 0 Å². The standard InChI is InChI=1S/C10H18N4/c1-3-10(5-4-6-10)11-7-9-8-12-13-14(9)2/h8,11H,3-7H2,1-2H3. The summed E-state index contributed by atoms with van der Waals surface area (Å²) < 4.78 is 1.83. The minimum atomic E-state index is 0.407. The summed E-state index contributed by atoms with van der Waals surface area (Å²) in [6, 6.07) is 0. The molecule has 2 rings (SSSR count). The molecule has 0 spiro atoms. The quantitative estimate of drug-likeness (QED) is 0.784. The van der Waals surface area contributed by atoms with Gasteiger partial charge in [-0.25, -0.2) is 0 Å². The average Bonchev–Trinajstić information content (AvgIpc) is 2.51. The molecule has 0 atom stereocenters. The normalized spacial score (nSPS) is 19.3. The van der Waals surface area contributed by atoms with Crippen molar-refractivity contribution in [3.05, 3.63) is 11.9 Å². The summed E-state index contributed by atoms with van der Waals surface area (Å²) in [7, 11) is 1.93. The molecule has 0 aromatic carbocycles. The predicted octanol–water partition coefficient (Wildman–Crippen LogP) is 1.24. The lowest BCUT2D eigenvalue weighted by Gasteiger charge is -2.42. The SMILES string of the molecule is CCC1(NCc2cnnn2C)CCC1. The van der Waals surface area contributed by atoms with E-state index in [1.165, 1.54) is 25.7 Å². The Morgan fingerprint density at radius 2 is 2.36 bits per heavy atom. The molecular formula is C10H18N4. The molecule has 1 heterocycles. The van der Waals surface area contributed by atoms with Gasteiger partial charge in [0.05, 0.1) is 11.9 Å². The summed E-state index contributed by atoms with van der Waals surface area (Å²) in [5, 5.41) is 11.4. The van der Waals surface area contributed by atoms with Crippen molar-refractivity contribution in [1.82, 2.24) is 20.3 Å². The lowest BCUT2D eigenvalue weighted by atomic mass is 9.75. The Bertz CT molecular complexity index is 295. The van der Waals surface area contributed by atoms with E-state index in [4.69, 9.17) is 0 Å². The Hall–Kier alpha value is -0.900. The van der Waals surface area contributed by atoms with E-state index in [1.54, 1.807) is 0 Å². The first kappa shape index (κ1) is 9.65. The fourth-order valence-corrected chi connectivity index (χ4v) is 2.01. The van der Waals surface area contributed by atoms with E-state index in [0.29, 0.717) is 5.54 Å². The largest absolute Gasteiger partial charge is 0.306 e. The Morgan fingerprint density at radius 3 is 2.79 bits per heavy atom. The minimum absolute atomic E-state index is 0.407. The van der Waals surface area contributed by atoms with Crippen LogP contribution >= 0.6 is 0 Å². The highest BCUT2D eigenvalue weighted by Gasteiger charge is 2.34. The molecule has 1 fully saturated rings. The van der Waals surface area contributed by atoms with Gasteiger partial charge in [0, 0.05) is 19.1 Å². The number of nitrogens with zero attached hydrogens (tertiary/aromatic N) is 3. The lowest BCUT2D eigenvalue weighted by Crippen LogP contribution is -2.50. The third kappa shape index (κ3) is 1.66. The second kappa shape index (κ2) is 3.69. The topological polar surface area (TPSA) is 42.7 Å². The van der Waals surface area contributed by atoms with Crippen LogP contribution < -0.4 is 5.32 Å². The van der Waals surface area contributed by atoms with Crippen molar-refractivity contribution in [2.45, 2.75) is 44.7 Å². The van der Waals surface area contributed by atoms with E-state index in [9.17, 15) is 0 Å². The zero-order valence-electron chi connectivity index (χ0n) is 8.95. The summed E-state index contributed by atoms with van der Waals surface area (Å²) in [5.74, 6) is 0. The molecule has 0 amide bonds. The molecule has 0 unspecified atom stereocenters. The van der Waals surface area contributed by atoms with Gasteiger partial charge in [-0.05, 0) is 25.7 Å². The minimum Gasteiger partial charge on any atom is -0.306 e. The maximum Gasteiger partial charge on any atom is 0.0738 e. The molecule has 4 nitrogen and oxygen atoms in total. The summed E-state index contributed by atoms with van der Waals surface area (Å²) in [6.45, 7) is 3.14. The molecule has 1 N–H and O–H groups in total. The zero-order valence-corrected chi connectivity index (χ0v) is 8.95. The van der Waals surface area contributed by atoms with Gasteiger partial charge in [-0.1, -0.05) is 12.1 Å². The molecule has 1 aliphatic rings. The molecule has 0 bridgehead atoms. The second-order valence-corrected chi connectivity index (χ2v) is 4.19. The number of hydrogen-bond acceptors (Lipinski definition) is 3. The molecule has 4 heteroatoms. The van der Waals surface area contributed by atoms with Gasteiger partial charge >= 0.3 is 0 Å². The molecule has 1 aromatic rings. The van der Waals surface area contributed by atoms with Crippen molar-refractivity contribution < 1.29 is 0 Å². The lowest BCUT2D eigenvalue weighted by molar-refractivity contribution is 0.174. The highest BCUT2D eigenvalue weighted by molar-refractivity contribution is 4.99. The van der Waals surface area contributed by atoms with Crippen LogP contribution in [0.1, 0.15) is 38.3 Å². The number of hydrogen-bond donors (Lipinski definition) is 1. The third-order valence-electron chi connectivity index (χ3n) is 3.44. The van der Waals surface area contributed by atoms with E-state index in [-0.39, 0.29) is 0 Å². The Morgan fingerprint density at radius 1 is 1.57 bits per heavy atom. The molecule has 0 saturated heterocycles. The van der Waals surface area contributed by atoms with Gasteiger partial charge in [0.25, 0.3) is 0 Å². The van der Waals surface area contributed by atoms with Crippen LogP contribution in [0.4, 0.5) is 0 Å². The molecule has 1 aromatic heterocycles. The molecule has 0 aliphatic heterocycles. The molecule has 0 radical (unpaired) electrons. The van der Waals surface area contributed by atoms with Gasteiger partial charge in [-0.15, -0.1) is 5.10 Å². The predicted molar refractivity (Wildman–Crippen MR) is 54.7 cm³/mol. The van der Waals surface area contributed by atoms with Crippen LogP contribution in [0, 0.1) is 0 Å². The fourth-order valence-electron chi connectivity index (χ4n) is 2.01. The molecule has 14 heavy (non-hydrogen) atoms. The summed E-state index contributed by atoms with van der Waals surface area (Å²) >= 11 is 0. The Kier molecular flexibility index (Phi) is 2.54. The second-order valence-electron chi connectivity index (χ2n) is 4.19. The van der Waals surface area contributed by atoms with Crippen LogP contribution in [0.3, 0.4) is 0 Å². The van der Waals surface area contributed by atoms with Crippen LogP contribution in [0.15, 0.2) is 6.20 Å². The van der Waals surface area contributed by atoms with Gasteiger partial charge in [-0.3, -0.25) is 4.68 Å². The van der Waals surface area contributed by atoms with Gasteiger partial charge < -0.3 is 5.32 Å². The molecular weight excluding hydrogens is 176 g/mol. The number of aromatic nitrogens is 3. The molecule has 1 aliphatic carbocycles. The fraction of sp³-hybridized carbons (Fsp3) is 0.800. The number of aryl methyl sites for hydroxylation is 1. The summed E-state index contributed by atoms with van der Waals surface area (Å²) in [5.41, 5.74) is 1.56. The highest BCUT2D eigenvalue weighted by Crippen LogP contribution is 2.34.